The Kier molecular flexibility index (Phi) is 3.85. The molecule has 0 radical (unpaired) electrons. The lowest BCUT2D eigenvalue weighted by atomic mass is 9.94. The van der Waals surface area contributed by atoms with Crippen molar-refractivity contribution in [1.29, 1.82) is 0 Å². The minimum absolute atomic E-state index is 0.238. The van der Waals surface area contributed by atoms with E-state index < -0.39 is 12.0 Å². The van der Waals surface area contributed by atoms with Crippen LogP contribution in [0.1, 0.15) is 21.6 Å². The zero-order valence-corrected chi connectivity index (χ0v) is 13.9. The number of rotatable bonds is 3. The number of amides is 1. The maximum atomic E-state index is 12.9. The zero-order valence-electron chi connectivity index (χ0n) is 13.1. The molecule has 25 heavy (non-hydrogen) atoms. The average Bonchev–Trinajstić information content (AvgIpc) is 3.31. The number of carboxylic acids is 1. The molecule has 1 aromatic carbocycles. The van der Waals surface area contributed by atoms with E-state index in [9.17, 15) is 14.7 Å². The maximum Gasteiger partial charge on any atom is 0.326 e. The summed E-state index contributed by atoms with van der Waals surface area (Å²) < 4.78 is 5.29. The molecule has 0 fully saturated rings. The fourth-order valence-electron chi connectivity index (χ4n) is 2.99. The monoisotopic (exact) mass is 354 g/mol. The smallest absolute Gasteiger partial charge is 0.326 e. The SMILES string of the molecule is O=C(O)[C@H]1Cc2ccccc2CN1C(=O)c1csc(-c2ccco2)n1. The summed E-state index contributed by atoms with van der Waals surface area (Å²) in [5, 5.41) is 11.8. The Hall–Kier alpha value is -2.93. The summed E-state index contributed by atoms with van der Waals surface area (Å²) in [5.41, 5.74) is 2.17. The largest absolute Gasteiger partial charge is 0.480 e. The van der Waals surface area contributed by atoms with Crippen LogP contribution in [0.2, 0.25) is 0 Å². The minimum Gasteiger partial charge on any atom is -0.480 e. The van der Waals surface area contributed by atoms with E-state index in [0.29, 0.717) is 17.2 Å². The molecule has 0 bridgehead atoms. The van der Waals surface area contributed by atoms with Gasteiger partial charge in [-0.25, -0.2) is 9.78 Å². The lowest BCUT2D eigenvalue weighted by Crippen LogP contribution is -2.48. The van der Waals surface area contributed by atoms with Crippen LogP contribution in [-0.2, 0) is 17.8 Å². The van der Waals surface area contributed by atoms with Gasteiger partial charge in [0.15, 0.2) is 10.8 Å². The van der Waals surface area contributed by atoms with Crippen LogP contribution < -0.4 is 0 Å². The molecule has 2 aromatic heterocycles. The first-order chi connectivity index (χ1) is 12.1. The molecule has 0 aliphatic carbocycles. The third kappa shape index (κ3) is 2.83. The van der Waals surface area contributed by atoms with Gasteiger partial charge in [-0.1, -0.05) is 24.3 Å². The first-order valence-electron chi connectivity index (χ1n) is 7.73. The van der Waals surface area contributed by atoms with E-state index in [4.69, 9.17) is 4.42 Å². The maximum absolute atomic E-state index is 12.9. The van der Waals surface area contributed by atoms with Crippen LogP contribution in [-0.4, -0.2) is 32.9 Å². The Balaban J connectivity index is 1.65. The van der Waals surface area contributed by atoms with Crippen LogP contribution in [0.3, 0.4) is 0 Å². The first kappa shape index (κ1) is 15.6. The molecular formula is C18H14N2O4S. The number of carbonyl (C=O) groups excluding carboxylic acids is 1. The molecule has 1 aliphatic heterocycles. The van der Waals surface area contributed by atoms with Gasteiger partial charge >= 0.3 is 5.97 Å². The Morgan fingerprint density at radius 3 is 2.72 bits per heavy atom. The number of hydrogen-bond acceptors (Lipinski definition) is 5. The van der Waals surface area contributed by atoms with Crippen molar-refractivity contribution in [2.45, 2.75) is 19.0 Å². The summed E-state index contributed by atoms with van der Waals surface area (Å²) >= 11 is 1.30. The normalized spacial score (nSPS) is 16.5. The van der Waals surface area contributed by atoms with Gasteiger partial charge in [0.1, 0.15) is 11.7 Å². The fourth-order valence-corrected chi connectivity index (χ4v) is 3.75. The quantitative estimate of drug-likeness (QED) is 0.781. The second kappa shape index (κ2) is 6.18. The van der Waals surface area contributed by atoms with Gasteiger partial charge in [-0.3, -0.25) is 4.79 Å². The summed E-state index contributed by atoms with van der Waals surface area (Å²) in [6.45, 7) is 0.263. The molecule has 0 saturated carbocycles. The topological polar surface area (TPSA) is 83.6 Å². The number of benzene rings is 1. The van der Waals surface area contributed by atoms with Crippen molar-refractivity contribution in [1.82, 2.24) is 9.88 Å². The molecule has 1 atom stereocenters. The lowest BCUT2D eigenvalue weighted by Gasteiger charge is -2.34. The van der Waals surface area contributed by atoms with Crippen LogP contribution in [0.4, 0.5) is 0 Å². The van der Waals surface area contributed by atoms with Crippen molar-refractivity contribution in [2.75, 3.05) is 0 Å². The molecule has 0 unspecified atom stereocenters. The number of furan rings is 1. The summed E-state index contributed by atoms with van der Waals surface area (Å²) in [5.74, 6) is -0.803. The van der Waals surface area contributed by atoms with Gasteiger partial charge in [-0.15, -0.1) is 11.3 Å². The number of fused-ring (bicyclic) bond motifs is 1. The number of hydrogen-bond donors (Lipinski definition) is 1. The number of carbonyl (C=O) groups is 2. The Labute approximate surface area is 147 Å². The molecule has 1 aliphatic rings. The zero-order chi connectivity index (χ0) is 17.4. The average molecular weight is 354 g/mol. The van der Waals surface area contributed by atoms with Crippen molar-refractivity contribution >= 4 is 23.2 Å². The van der Waals surface area contributed by atoms with E-state index >= 15 is 0 Å². The number of thiazole rings is 1. The molecule has 1 N–H and O–H groups in total. The third-order valence-corrected chi connectivity index (χ3v) is 5.11. The Morgan fingerprint density at radius 1 is 1.20 bits per heavy atom. The van der Waals surface area contributed by atoms with Crippen molar-refractivity contribution in [3.63, 3.8) is 0 Å². The molecule has 6 nitrogen and oxygen atoms in total. The summed E-state index contributed by atoms with van der Waals surface area (Å²) in [6.07, 6.45) is 1.84. The van der Waals surface area contributed by atoms with Crippen LogP contribution >= 0.6 is 11.3 Å². The predicted molar refractivity (Wildman–Crippen MR) is 91.3 cm³/mol. The molecule has 126 valence electrons. The van der Waals surface area contributed by atoms with Crippen LogP contribution in [0, 0.1) is 0 Å². The summed E-state index contributed by atoms with van der Waals surface area (Å²) in [7, 11) is 0. The number of nitrogens with zero attached hydrogens (tertiary/aromatic N) is 2. The molecule has 7 heteroatoms. The van der Waals surface area contributed by atoms with Crippen molar-refractivity contribution in [3.05, 3.63) is 64.9 Å². The van der Waals surface area contributed by atoms with Gasteiger partial charge in [-0.2, -0.15) is 0 Å². The minimum atomic E-state index is -1.01. The highest BCUT2D eigenvalue weighted by Crippen LogP contribution is 2.28. The van der Waals surface area contributed by atoms with Crippen LogP contribution in [0.25, 0.3) is 10.8 Å². The number of carboxylic acid groups (broad SMARTS) is 1. The van der Waals surface area contributed by atoms with E-state index in [1.54, 1.807) is 23.8 Å². The van der Waals surface area contributed by atoms with Gasteiger partial charge in [0.25, 0.3) is 5.91 Å². The Morgan fingerprint density at radius 2 is 2.00 bits per heavy atom. The van der Waals surface area contributed by atoms with Gasteiger partial charge in [0.05, 0.1) is 6.26 Å². The van der Waals surface area contributed by atoms with Gasteiger partial charge in [0.2, 0.25) is 0 Å². The highest BCUT2D eigenvalue weighted by Gasteiger charge is 2.35. The van der Waals surface area contributed by atoms with Crippen molar-refractivity contribution in [2.24, 2.45) is 0 Å². The van der Waals surface area contributed by atoms with E-state index in [1.807, 2.05) is 24.3 Å². The molecular weight excluding hydrogens is 340 g/mol. The highest BCUT2D eigenvalue weighted by molar-refractivity contribution is 7.13. The van der Waals surface area contributed by atoms with Crippen molar-refractivity contribution in [3.8, 4) is 10.8 Å². The molecule has 0 spiro atoms. The first-order valence-corrected chi connectivity index (χ1v) is 8.61. The van der Waals surface area contributed by atoms with Gasteiger partial charge < -0.3 is 14.4 Å². The van der Waals surface area contributed by atoms with E-state index in [0.717, 1.165) is 11.1 Å². The van der Waals surface area contributed by atoms with Crippen molar-refractivity contribution < 1.29 is 19.1 Å². The Bertz CT molecular complexity index is 932. The molecule has 4 rings (SSSR count). The van der Waals surface area contributed by atoms with E-state index in [-0.39, 0.29) is 18.1 Å². The standard InChI is InChI=1S/C18H14N2O4S/c21-17(13-10-25-16(19-13)15-6-3-7-24-15)20-9-12-5-2-1-4-11(12)8-14(20)18(22)23/h1-7,10,14H,8-9H2,(H,22,23)/t14-/m1/s1. The fraction of sp³-hybridized carbons (Fsp3) is 0.167. The van der Waals surface area contributed by atoms with Gasteiger partial charge in [-0.05, 0) is 23.3 Å². The number of aromatic nitrogens is 1. The van der Waals surface area contributed by atoms with E-state index in [2.05, 4.69) is 4.98 Å². The predicted octanol–water partition coefficient (Wildman–Crippen LogP) is 3.05. The second-order valence-electron chi connectivity index (χ2n) is 5.78. The lowest BCUT2D eigenvalue weighted by molar-refractivity contribution is -0.142. The molecule has 3 heterocycles. The van der Waals surface area contributed by atoms with Gasteiger partial charge in [0, 0.05) is 18.3 Å². The summed E-state index contributed by atoms with van der Waals surface area (Å²) in [4.78, 5) is 30.3. The molecule has 0 saturated heterocycles. The molecule has 1 amide bonds. The van der Waals surface area contributed by atoms with Crippen LogP contribution in [0.15, 0.2) is 52.5 Å². The van der Waals surface area contributed by atoms with Crippen LogP contribution in [0.5, 0.6) is 0 Å². The molecule has 3 aromatic rings. The third-order valence-electron chi connectivity index (χ3n) is 4.25. The summed E-state index contributed by atoms with van der Waals surface area (Å²) in [6, 6.07) is 10.2. The van der Waals surface area contributed by atoms with E-state index in [1.165, 1.54) is 16.2 Å². The number of aliphatic carboxylic acids is 1. The highest BCUT2D eigenvalue weighted by atomic mass is 32.1. The second-order valence-corrected chi connectivity index (χ2v) is 6.63.